The molecule has 0 aromatic carbocycles. The smallest absolute Gasteiger partial charge is 0.354 e. The van der Waals surface area contributed by atoms with Crippen molar-refractivity contribution in [1.82, 2.24) is 14.5 Å². The van der Waals surface area contributed by atoms with Gasteiger partial charge in [-0.2, -0.15) is 0 Å². The van der Waals surface area contributed by atoms with Crippen molar-refractivity contribution in [3.63, 3.8) is 0 Å². The van der Waals surface area contributed by atoms with E-state index in [1.54, 1.807) is 36.6 Å². The van der Waals surface area contributed by atoms with Crippen molar-refractivity contribution < 1.29 is 19.1 Å². The fraction of sp³-hybridized carbons (Fsp3) is 0.478. The number of aromatic nitrogens is 2. The van der Waals surface area contributed by atoms with Crippen molar-refractivity contribution in [2.45, 2.75) is 39.5 Å². The summed E-state index contributed by atoms with van der Waals surface area (Å²) in [5.41, 5.74) is 3.02. The first-order chi connectivity index (χ1) is 14.3. The number of rotatable bonds is 8. The molecule has 1 saturated carbocycles. The average Bonchev–Trinajstić information content (AvgIpc) is 2.92. The summed E-state index contributed by atoms with van der Waals surface area (Å²) in [5, 5.41) is 0. The molecule has 0 bridgehead atoms. The SMILES string of the molecule is COC(=O)c1c(C)c(C(=O)CN(CCc2ccccn2)C(=O)C2CCC2)c(C)n1C. The number of ketones is 1. The maximum Gasteiger partial charge on any atom is 0.354 e. The molecule has 2 aromatic heterocycles. The number of ether oxygens (including phenoxy) is 1. The second-order valence-electron chi connectivity index (χ2n) is 7.87. The van der Waals surface area contributed by atoms with Gasteiger partial charge in [0.25, 0.3) is 0 Å². The van der Waals surface area contributed by atoms with Crippen LogP contribution < -0.4 is 0 Å². The Morgan fingerprint density at radius 2 is 1.97 bits per heavy atom. The van der Waals surface area contributed by atoms with Crippen LogP contribution in [-0.2, 0) is 23.0 Å². The van der Waals surface area contributed by atoms with E-state index >= 15 is 0 Å². The standard InChI is InChI=1S/C23H29N3O4/c1-15-20(16(2)25(3)21(15)23(29)30-4)19(27)14-26(22(28)17-8-7-9-17)13-11-18-10-5-6-12-24-18/h5-6,10,12,17H,7-9,11,13-14H2,1-4H3. The van der Waals surface area contributed by atoms with Crippen LogP contribution in [0.1, 0.15) is 57.1 Å². The van der Waals surface area contributed by atoms with Gasteiger partial charge in [-0.3, -0.25) is 14.6 Å². The summed E-state index contributed by atoms with van der Waals surface area (Å²) < 4.78 is 6.54. The van der Waals surface area contributed by atoms with Gasteiger partial charge in [-0.1, -0.05) is 12.5 Å². The van der Waals surface area contributed by atoms with E-state index in [2.05, 4.69) is 4.98 Å². The zero-order valence-corrected chi connectivity index (χ0v) is 18.1. The maximum absolute atomic E-state index is 13.2. The molecule has 7 nitrogen and oxygen atoms in total. The minimum atomic E-state index is -0.477. The molecule has 0 aliphatic heterocycles. The van der Waals surface area contributed by atoms with Gasteiger partial charge in [-0.05, 0) is 44.4 Å². The predicted octanol–water partition coefficient (Wildman–Crippen LogP) is 2.88. The van der Waals surface area contributed by atoms with Crippen molar-refractivity contribution in [3.05, 3.63) is 52.6 Å². The highest BCUT2D eigenvalue weighted by Crippen LogP contribution is 2.29. The van der Waals surface area contributed by atoms with Gasteiger partial charge in [-0.15, -0.1) is 0 Å². The lowest BCUT2D eigenvalue weighted by atomic mass is 9.84. The summed E-state index contributed by atoms with van der Waals surface area (Å²) in [6.07, 6.45) is 5.13. The summed E-state index contributed by atoms with van der Waals surface area (Å²) in [5.74, 6) is -0.603. The number of Topliss-reactive ketones (excluding diaryl/α,β-unsaturated/α-hetero) is 1. The van der Waals surface area contributed by atoms with E-state index in [1.165, 1.54) is 7.11 Å². The highest BCUT2D eigenvalue weighted by atomic mass is 16.5. The Kier molecular flexibility index (Phi) is 6.70. The van der Waals surface area contributed by atoms with Crippen molar-refractivity contribution >= 4 is 17.7 Å². The fourth-order valence-corrected chi connectivity index (χ4v) is 4.00. The Morgan fingerprint density at radius 1 is 1.23 bits per heavy atom. The molecule has 7 heteroatoms. The van der Waals surface area contributed by atoms with Gasteiger partial charge in [-0.25, -0.2) is 4.79 Å². The molecule has 0 spiro atoms. The zero-order chi connectivity index (χ0) is 21.8. The first-order valence-electron chi connectivity index (χ1n) is 10.3. The topological polar surface area (TPSA) is 81.5 Å². The lowest BCUT2D eigenvalue weighted by Gasteiger charge is -2.31. The average molecular weight is 412 g/mol. The fourth-order valence-electron chi connectivity index (χ4n) is 4.00. The van der Waals surface area contributed by atoms with Crippen LogP contribution in [0, 0.1) is 19.8 Å². The summed E-state index contributed by atoms with van der Waals surface area (Å²) >= 11 is 0. The van der Waals surface area contributed by atoms with Crippen LogP contribution in [0.4, 0.5) is 0 Å². The van der Waals surface area contributed by atoms with Crippen LogP contribution in [-0.4, -0.2) is 52.3 Å². The number of methoxy groups -OCH3 is 1. The minimum Gasteiger partial charge on any atom is -0.464 e. The summed E-state index contributed by atoms with van der Waals surface area (Å²) in [6.45, 7) is 3.98. The van der Waals surface area contributed by atoms with Crippen molar-refractivity contribution in [2.75, 3.05) is 20.2 Å². The van der Waals surface area contributed by atoms with Crippen LogP contribution in [0.2, 0.25) is 0 Å². The number of carbonyl (C=O) groups is 3. The second-order valence-corrected chi connectivity index (χ2v) is 7.87. The Bertz CT molecular complexity index is 945. The van der Waals surface area contributed by atoms with Crippen LogP contribution in [0.5, 0.6) is 0 Å². The molecule has 2 heterocycles. The second kappa shape index (κ2) is 9.24. The highest BCUT2D eigenvalue weighted by molar-refractivity contribution is 6.04. The van der Waals surface area contributed by atoms with Gasteiger partial charge in [0, 0.05) is 49.1 Å². The molecule has 2 aromatic rings. The van der Waals surface area contributed by atoms with Gasteiger partial charge in [0.05, 0.1) is 13.7 Å². The molecular weight excluding hydrogens is 382 g/mol. The molecule has 0 radical (unpaired) electrons. The molecule has 1 fully saturated rings. The molecular formula is C23H29N3O4. The number of esters is 1. The molecule has 0 saturated heterocycles. The molecule has 160 valence electrons. The molecule has 1 aliphatic carbocycles. The number of amides is 1. The Hall–Kier alpha value is -2.96. The van der Waals surface area contributed by atoms with E-state index in [1.807, 2.05) is 18.2 Å². The Morgan fingerprint density at radius 3 is 2.53 bits per heavy atom. The highest BCUT2D eigenvalue weighted by Gasteiger charge is 2.32. The monoisotopic (exact) mass is 411 g/mol. The first kappa shape index (κ1) is 21.7. The van der Waals surface area contributed by atoms with E-state index in [4.69, 9.17) is 4.74 Å². The third-order valence-electron chi connectivity index (χ3n) is 6.05. The van der Waals surface area contributed by atoms with E-state index in [9.17, 15) is 14.4 Å². The Labute approximate surface area is 177 Å². The molecule has 1 amide bonds. The lowest BCUT2D eigenvalue weighted by molar-refractivity contribution is -0.137. The van der Waals surface area contributed by atoms with Gasteiger partial charge in [0.1, 0.15) is 5.69 Å². The summed E-state index contributed by atoms with van der Waals surface area (Å²) in [6, 6.07) is 5.68. The Balaban J connectivity index is 1.82. The first-order valence-corrected chi connectivity index (χ1v) is 10.3. The van der Waals surface area contributed by atoms with Gasteiger partial charge >= 0.3 is 5.97 Å². The number of hydrogen-bond acceptors (Lipinski definition) is 5. The van der Waals surface area contributed by atoms with Crippen molar-refractivity contribution in [2.24, 2.45) is 13.0 Å². The maximum atomic E-state index is 13.2. The molecule has 1 aliphatic rings. The van der Waals surface area contributed by atoms with E-state index in [0.29, 0.717) is 35.5 Å². The minimum absolute atomic E-state index is 0.00475. The molecule has 0 atom stereocenters. The number of nitrogens with zero attached hydrogens (tertiary/aromatic N) is 3. The van der Waals surface area contributed by atoms with Crippen molar-refractivity contribution in [3.8, 4) is 0 Å². The van der Waals surface area contributed by atoms with Gasteiger partial charge < -0.3 is 14.2 Å². The van der Waals surface area contributed by atoms with E-state index in [-0.39, 0.29) is 24.2 Å². The molecule has 0 N–H and O–H groups in total. The molecule has 30 heavy (non-hydrogen) atoms. The van der Waals surface area contributed by atoms with Crippen LogP contribution in [0.3, 0.4) is 0 Å². The summed E-state index contributed by atoms with van der Waals surface area (Å²) in [7, 11) is 3.06. The number of pyridine rings is 1. The molecule has 3 rings (SSSR count). The number of hydrogen-bond donors (Lipinski definition) is 0. The van der Waals surface area contributed by atoms with E-state index in [0.717, 1.165) is 25.0 Å². The van der Waals surface area contributed by atoms with Crippen LogP contribution >= 0.6 is 0 Å². The number of carbonyl (C=O) groups excluding carboxylic acids is 3. The largest absolute Gasteiger partial charge is 0.464 e. The van der Waals surface area contributed by atoms with Gasteiger partial charge in [0.15, 0.2) is 5.78 Å². The zero-order valence-electron chi connectivity index (χ0n) is 18.1. The van der Waals surface area contributed by atoms with Crippen LogP contribution in [0.15, 0.2) is 24.4 Å². The quantitative estimate of drug-likeness (QED) is 0.493. The summed E-state index contributed by atoms with van der Waals surface area (Å²) in [4.78, 5) is 44.3. The lowest BCUT2D eigenvalue weighted by Crippen LogP contribution is -2.43. The normalized spacial score (nSPS) is 13.6. The third-order valence-corrected chi connectivity index (χ3v) is 6.05. The third kappa shape index (κ3) is 4.30. The van der Waals surface area contributed by atoms with Crippen LogP contribution in [0.25, 0.3) is 0 Å². The van der Waals surface area contributed by atoms with E-state index < -0.39 is 5.97 Å². The molecule has 0 unspecified atom stereocenters. The van der Waals surface area contributed by atoms with Crippen molar-refractivity contribution in [1.29, 1.82) is 0 Å². The predicted molar refractivity (Wildman–Crippen MR) is 112 cm³/mol. The van der Waals surface area contributed by atoms with Gasteiger partial charge in [0.2, 0.25) is 5.91 Å².